The van der Waals surface area contributed by atoms with Crippen molar-refractivity contribution < 1.29 is 9.18 Å². The summed E-state index contributed by atoms with van der Waals surface area (Å²) in [7, 11) is 0. The number of hydrogen-bond donors (Lipinski definition) is 1. The Kier molecular flexibility index (Phi) is 5.52. The van der Waals surface area contributed by atoms with Crippen LogP contribution in [-0.2, 0) is 0 Å². The Balaban J connectivity index is 2.73. The number of rotatable bonds is 4. The highest BCUT2D eigenvalue weighted by Gasteiger charge is 2.14. The molecule has 15 heavy (non-hydrogen) atoms. The van der Waals surface area contributed by atoms with Crippen molar-refractivity contribution in [1.29, 1.82) is 0 Å². The predicted octanol–water partition coefficient (Wildman–Crippen LogP) is 3.14. The van der Waals surface area contributed by atoms with Gasteiger partial charge in [-0.2, -0.15) is 0 Å². The molecule has 82 valence electrons. The lowest BCUT2D eigenvalue weighted by Gasteiger charge is -2.06. The van der Waals surface area contributed by atoms with E-state index in [0.29, 0.717) is 11.0 Å². The molecule has 1 N–H and O–H groups in total. The zero-order valence-electron chi connectivity index (χ0n) is 7.90. The Bertz CT molecular complexity index is 339. The van der Waals surface area contributed by atoms with Crippen molar-refractivity contribution >= 4 is 44.4 Å². The molecule has 2 nitrogen and oxygen atoms in total. The van der Waals surface area contributed by atoms with Gasteiger partial charge >= 0.3 is 0 Å². The summed E-state index contributed by atoms with van der Waals surface area (Å²) in [6.07, 6.45) is 0.887. The number of alkyl halides is 1. The second kappa shape index (κ2) is 6.42. The maximum absolute atomic E-state index is 13.3. The third kappa shape index (κ3) is 3.71. The number of hydrogen-bond acceptors (Lipinski definition) is 1. The molecule has 0 aromatic heterocycles. The van der Waals surface area contributed by atoms with Gasteiger partial charge in [0.2, 0.25) is 0 Å². The molecule has 0 saturated heterocycles. The number of carbonyl (C=O) groups excluding carboxylic acids is 1. The first-order chi connectivity index (χ1) is 7.16. The molecule has 5 heteroatoms. The first-order valence-electron chi connectivity index (χ1n) is 4.45. The van der Waals surface area contributed by atoms with E-state index in [-0.39, 0.29) is 11.5 Å². The van der Waals surface area contributed by atoms with Crippen molar-refractivity contribution in [3.8, 4) is 0 Å². The van der Waals surface area contributed by atoms with Crippen molar-refractivity contribution in [1.82, 2.24) is 5.32 Å². The fraction of sp³-hybridized carbons (Fsp3) is 0.300. The standard InChI is InChI=1S/C10H10BrFINO/c11-7-3-1-4-8(12)9(7)10(15)14-6-2-5-13/h1,3-4H,2,5-6H2,(H,14,15). The van der Waals surface area contributed by atoms with Crippen LogP contribution in [0.1, 0.15) is 16.8 Å². The Morgan fingerprint density at radius 1 is 1.53 bits per heavy atom. The normalized spacial score (nSPS) is 10.1. The molecular weight excluding hydrogens is 376 g/mol. The lowest BCUT2D eigenvalue weighted by Crippen LogP contribution is -2.26. The SMILES string of the molecule is O=C(NCCCI)c1c(F)cccc1Br. The quantitative estimate of drug-likeness (QED) is 0.481. The molecule has 0 aliphatic rings. The minimum atomic E-state index is -0.503. The third-order valence-electron chi connectivity index (χ3n) is 1.79. The Morgan fingerprint density at radius 2 is 2.27 bits per heavy atom. The van der Waals surface area contributed by atoms with Crippen LogP contribution in [0.5, 0.6) is 0 Å². The van der Waals surface area contributed by atoms with E-state index in [4.69, 9.17) is 0 Å². The number of nitrogens with one attached hydrogen (secondary N) is 1. The van der Waals surface area contributed by atoms with Gasteiger partial charge in [0.05, 0.1) is 5.56 Å². The Hall–Kier alpha value is -0.170. The van der Waals surface area contributed by atoms with Crippen LogP contribution in [0.2, 0.25) is 0 Å². The average molecular weight is 386 g/mol. The van der Waals surface area contributed by atoms with E-state index in [0.717, 1.165) is 10.8 Å². The van der Waals surface area contributed by atoms with Crippen molar-refractivity contribution in [3.63, 3.8) is 0 Å². The van der Waals surface area contributed by atoms with E-state index >= 15 is 0 Å². The average Bonchev–Trinajstić information content (AvgIpc) is 2.18. The van der Waals surface area contributed by atoms with Crippen molar-refractivity contribution in [2.24, 2.45) is 0 Å². The van der Waals surface area contributed by atoms with Crippen LogP contribution in [0, 0.1) is 5.82 Å². The second-order valence-corrected chi connectivity index (χ2v) is 4.83. The molecule has 0 saturated carbocycles. The zero-order chi connectivity index (χ0) is 11.3. The minimum Gasteiger partial charge on any atom is -0.352 e. The Morgan fingerprint density at radius 3 is 2.87 bits per heavy atom. The Labute approximate surface area is 110 Å². The van der Waals surface area contributed by atoms with Crippen molar-refractivity contribution in [2.45, 2.75) is 6.42 Å². The van der Waals surface area contributed by atoms with Crippen LogP contribution in [0.3, 0.4) is 0 Å². The molecule has 1 aromatic rings. The van der Waals surface area contributed by atoms with E-state index in [2.05, 4.69) is 43.8 Å². The number of halogens is 3. The maximum atomic E-state index is 13.3. The van der Waals surface area contributed by atoms with Crippen LogP contribution < -0.4 is 5.32 Å². The number of benzene rings is 1. The molecule has 1 aromatic carbocycles. The summed E-state index contributed by atoms with van der Waals surface area (Å²) in [4.78, 5) is 11.6. The molecule has 0 radical (unpaired) electrons. The molecule has 0 aliphatic heterocycles. The van der Waals surface area contributed by atoms with Crippen LogP contribution in [0.25, 0.3) is 0 Å². The molecule has 0 atom stereocenters. The third-order valence-corrected chi connectivity index (χ3v) is 3.21. The van der Waals surface area contributed by atoms with Gasteiger partial charge in [-0.25, -0.2) is 4.39 Å². The lowest BCUT2D eigenvalue weighted by molar-refractivity contribution is 0.0949. The van der Waals surface area contributed by atoms with Gasteiger partial charge in [0.15, 0.2) is 0 Å². The molecule has 0 heterocycles. The van der Waals surface area contributed by atoms with Gasteiger partial charge in [0.25, 0.3) is 5.91 Å². The van der Waals surface area contributed by atoms with Crippen molar-refractivity contribution in [2.75, 3.05) is 11.0 Å². The van der Waals surface area contributed by atoms with E-state index in [1.54, 1.807) is 12.1 Å². The van der Waals surface area contributed by atoms with E-state index in [9.17, 15) is 9.18 Å². The fourth-order valence-corrected chi connectivity index (χ4v) is 1.98. The van der Waals surface area contributed by atoms with E-state index in [1.807, 2.05) is 0 Å². The summed E-state index contributed by atoms with van der Waals surface area (Å²) in [5, 5.41) is 2.67. The monoisotopic (exact) mass is 385 g/mol. The molecule has 0 aliphatic carbocycles. The summed E-state index contributed by atoms with van der Waals surface area (Å²) in [5.74, 6) is -0.874. The highest BCUT2D eigenvalue weighted by atomic mass is 127. The van der Waals surface area contributed by atoms with Crippen molar-refractivity contribution in [3.05, 3.63) is 34.1 Å². The van der Waals surface area contributed by atoms with Gasteiger partial charge in [-0.1, -0.05) is 28.7 Å². The summed E-state index contributed by atoms with van der Waals surface area (Å²) < 4.78 is 14.8. The highest BCUT2D eigenvalue weighted by Crippen LogP contribution is 2.19. The molecule has 0 unspecified atom stereocenters. The summed E-state index contributed by atoms with van der Waals surface area (Å²) in [6, 6.07) is 4.48. The van der Waals surface area contributed by atoms with Gasteiger partial charge in [-0.3, -0.25) is 4.79 Å². The van der Waals surface area contributed by atoms with Crippen LogP contribution >= 0.6 is 38.5 Å². The first kappa shape index (κ1) is 12.9. The fourth-order valence-electron chi connectivity index (χ4n) is 1.07. The molecule has 1 amide bonds. The van der Waals surface area contributed by atoms with Gasteiger partial charge in [-0.15, -0.1) is 0 Å². The molecule has 1 rings (SSSR count). The lowest BCUT2D eigenvalue weighted by atomic mass is 10.2. The largest absolute Gasteiger partial charge is 0.352 e. The summed E-state index contributed by atoms with van der Waals surface area (Å²) >= 11 is 5.38. The maximum Gasteiger partial charge on any atom is 0.255 e. The smallest absolute Gasteiger partial charge is 0.255 e. The summed E-state index contributed by atoms with van der Waals surface area (Å²) in [6.45, 7) is 0.572. The van der Waals surface area contributed by atoms with E-state index < -0.39 is 5.82 Å². The molecular formula is C10H10BrFINO. The minimum absolute atomic E-state index is 0.0750. The highest BCUT2D eigenvalue weighted by molar-refractivity contribution is 14.1. The van der Waals surface area contributed by atoms with Crippen LogP contribution in [0.15, 0.2) is 22.7 Å². The van der Waals surface area contributed by atoms with E-state index in [1.165, 1.54) is 6.07 Å². The van der Waals surface area contributed by atoms with Gasteiger partial charge in [0, 0.05) is 15.4 Å². The number of amides is 1. The summed E-state index contributed by atoms with van der Waals surface area (Å²) in [5.41, 5.74) is 0.0750. The number of carbonyl (C=O) groups is 1. The van der Waals surface area contributed by atoms with Gasteiger partial charge in [-0.05, 0) is 34.5 Å². The predicted molar refractivity (Wildman–Crippen MR) is 69.9 cm³/mol. The topological polar surface area (TPSA) is 29.1 Å². The van der Waals surface area contributed by atoms with Crippen LogP contribution in [0.4, 0.5) is 4.39 Å². The second-order valence-electron chi connectivity index (χ2n) is 2.90. The zero-order valence-corrected chi connectivity index (χ0v) is 11.6. The first-order valence-corrected chi connectivity index (χ1v) is 6.77. The molecule has 0 bridgehead atoms. The van der Waals surface area contributed by atoms with Gasteiger partial charge < -0.3 is 5.32 Å². The van der Waals surface area contributed by atoms with Gasteiger partial charge in [0.1, 0.15) is 5.82 Å². The molecule has 0 fully saturated rings. The van der Waals surface area contributed by atoms with Crippen LogP contribution in [-0.4, -0.2) is 16.9 Å². The molecule has 0 spiro atoms.